The van der Waals surface area contributed by atoms with Gasteiger partial charge in [-0.3, -0.25) is 0 Å². The van der Waals surface area contributed by atoms with E-state index in [1.54, 1.807) is 0 Å². The normalized spacial score (nSPS) is 15.7. The van der Waals surface area contributed by atoms with Crippen molar-refractivity contribution in [1.82, 2.24) is 0 Å². The Bertz CT molecular complexity index is 80.4. The number of hydrogen-bond donors (Lipinski definition) is 2. The molecule has 0 aromatic rings. The van der Waals surface area contributed by atoms with Gasteiger partial charge in [0.25, 0.3) is 0 Å². The second-order valence-electron chi connectivity index (χ2n) is 1.66. The summed E-state index contributed by atoms with van der Waals surface area (Å²) in [5.74, 6) is 0. The van der Waals surface area contributed by atoms with E-state index in [0.29, 0.717) is 0 Å². The molecule has 56 valence electrons. The van der Waals surface area contributed by atoms with Crippen LogP contribution in [0.25, 0.3) is 0 Å². The minimum Gasteiger partial charge on any atom is -0.394 e. The molecule has 2 N–H and O–H groups in total. The highest BCUT2D eigenvalue weighted by Crippen LogP contribution is 2.20. The summed E-state index contributed by atoms with van der Waals surface area (Å²) in [6.07, 6.45) is -7.41. The summed E-state index contributed by atoms with van der Waals surface area (Å²) in [7, 11) is 0. The Morgan fingerprint density at radius 3 is 1.89 bits per heavy atom. The van der Waals surface area contributed by atoms with E-state index in [-0.39, 0.29) is 0 Å². The second-order valence-corrected chi connectivity index (χ2v) is 1.66. The number of hydrogen-bond acceptors (Lipinski definition) is 2. The molecule has 0 saturated heterocycles. The van der Waals surface area contributed by atoms with Crippen molar-refractivity contribution >= 4 is 0 Å². The monoisotopic (exact) mass is 144 g/mol. The van der Waals surface area contributed by atoms with Crippen molar-refractivity contribution in [1.29, 1.82) is 0 Å². The lowest BCUT2D eigenvalue weighted by molar-refractivity contribution is -0.157. The van der Waals surface area contributed by atoms with Crippen molar-refractivity contribution in [3.8, 4) is 0 Å². The Labute approximate surface area is 49.9 Å². The first-order chi connectivity index (χ1) is 3.95. The fourth-order valence-electron chi connectivity index (χ4n) is 0.332. The van der Waals surface area contributed by atoms with Crippen molar-refractivity contribution in [3.05, 3.63) is 0 Å². The van der Waals surface area contributed by atoms with Crippen LogP contribution in [0, 0.1) is 0 Å². The first kappa shape index (κ1) is 8.71. The maximum atomic E-state index is 11.2. The summed E-state index contributed by atoms with van der Waals surface area (Å²) in [4.78, 5) is 0. The molecule has 0 amide bonds. The lowest BCUT2D eigenvalue weighted by Crippen LogP contribution is -2.21. The molecule has 1 atom stereocenters. The SMILES string of the molecule is OC[C@H](O)CC(F)(F)F. The maximum Gasteiger partial charge on any atom is 0.391 e. The minimum atomic E-state index is -4.39. The van der Waals surface area contributed by atoms with Crippen LogP contribution in [0.4, 0.5) is 13.2 Å². The first-order valence-electron chi connectivity index (χ1n) is 2.31. The van der Waals surface area contributed by atoms with Crippen molar-refractivity contribution in [2.24, 2.45) is 0 Å². The van der Waals surface area contributed by atoms with Crippen molar-refractivity contribution in [2.45, 2.75) is 18.7 Å². The zero-order chi connectivity index (χ0) is 7.49. The zero-order valence-corrected chi connectivity index (χ0v) is 4.52. The number of aliphatic hydroxyl groups excluding tert-OH is 2. The van der Waals surface area contributed by atoms with Gasteiger partial charge in [-0.25, -0.2) is 0 Å². The summed E-state index contributed by atoms with van der Waals surface area (Å²) in [6, 6.07) is 0. The molecule has 0 radical (unpaired) electrons. The smallest absolute Gasteiger partial charge is 0.391 e. The molecule has 0 aliphatic carbocycles. The lowest BCUT2D eigenvalue weighted by Gasteiger charge is -2.08. The van der Waals surface area contributed by atoms with Gasteiger partial charge >= 0.3 is 6.18 Å². The van der Waals surface area contributed by atoms with E-state index < -0.39 is 25.3 Å². The predicted octanol–water partition coefficient (Wildman–Crippen LogP) is 0.292. The summed E-state index contributed by atoms with van der Waals surface area (Å²) in [5.41, 5.74) is 0. The van der Waals surface area contributed by atoms with Gasteiger partial charge < -0.3 is 10.2 Å². The van der Waals surface area contributed by atoms with Gasteiger partial charge in [-0.05, 0) is 0 Å². The fourth-order valence-corrected chi connectivity index (χ4v) is 0.332. The van der Waals surface area contributed by atoms with Gasteiger partial charge in [-0.1, -0.05) is 0 Å². The molecule has 0 spiro atoms. The third-order valence-electron chi connectivity index (χ3n) is 0.678. The fraction of sp³-hybridized carbons (Fsp3) is 1.00. The Morgan fingerprint density at radius 1 is 1.33 bits per heavy atom. The van der Waals surface area contributed by atoms with Crippen LogP contribution in [-0.2, 0) is 0 Å². The highest BCUT2D eigenvalue weighted by molar-refractivity contribution is 4.58. The zero-order valence-electron chi connectivity index (χ0n) is 4.52. The van der Waals surface area contributed by atoms with E-state index in [2.05, 4.69) is 0 Å². The number of aliphatic hydroxyl groups is 2. The molecular weight excluding hydrogens is 137 g/mol. The van der Waals surface area contributed by atoms with E-state index in [4.69, 9.17) is 10.2 Å². The van der Waals surface area contributed by atoms with Crippen molar-refractivity contribution in [3.63, 3.8) is 0 Å². The molecule has 0 saturated carbocycles. The largest absolute Gasteiger partial charge is 0.394 e. The molecule has 0 rings (SSSR count). The third kappa shape index (κ3) is 5.58. The Balaban J connectivity index is 3.47. The van der Waals surface area contributed by atoms with Gasteiger partial charge in [-0.2, -0.15) is 13.2 Å². The second kappa shape index (κ2) is 3.03. The third-order valence-corrected chi connectivity index (χ3v) is 0.678. The Kier molecular flexibility index (Phi) is 2.93. The van der Waals surface area contributed by atoms with Crippen LogP contribution in [0.3, 0.4) is 0 Å². The topological polar surface area (TPSA) is 40.5 Å². The molecule has 2 nitrogen and oxygen atoms in total. The van der Waals surface area contributed by atoms with Gasteiger partial charge in [0.15, 0.2) is 0 Å². The molecule has 0 aliphatic rings. The standard InChI is InChI=1S/C4H7F3O2/c5-4(6,7)1-3(9)2-8/h3,8-9H,1-2H2/t3-/m1/s1. The number of alkyl halides is 3. The van der Waals surface area contributed by atoms with Crippen LogP contribution in [0.2, 0.25) is 0 Å². The molecule has 0 bridgehead atoms. The van der Waals surface area contributed by atoms with E-state index >= 15 is 0 Å². The van der Waals surface area contributed by atoms with Gasteiger partial charge in [0.05, 0.1) is 19.1 Å². The summed E-state index contributed by atoms with van der Waals surface area (Å²) in [6.45, 7) is -0.848. The highest BCUT2D eigenvalue weighted by Gasteiger charge is 2.30. The molecule has 9 heavy (non-hydrogen) atoms. The number of halogens is 3. The average Bonchev–Trinajstić information content (AvgIpc) is 1.62. The molecule has 0 aromatic carbocycles. The molecule has 0 fully saturated rings. The maximum absolute atomic E-state index is 11.2. The van der Waals surface area contributed by atoms with Crippen molar-refractivity contribution in [2.75, 3.05) is 6.61 Å². The van der Waals surface area contributed by atoms with Crippen molar-refractivity contribution < 1.29 is 23.4 Å². The molecular formula is C4H7F3O2. The molecule has 0 aromatic heterocycles. The van der Waals surface area contributed by atoms with Crippen LogP contribution in [-0.4, -0.2) is 29.1 Å². The molecule has 5 heteroatoms. The van der Waals surface area contributed by atoms with Crippen LogP contribution in [0.15, 0.2) is 0 Å². The molecule has 0 heterocycles. The first-order valence-corrected chi connectivity index (χ1v) is 2.31. The average molecular weight is 144 g/mol. The van der Waals surface area contributed by atoms with Gasteiger partial charge in [0, 0.05) is 0 Å². The highest BCUT2D eigenvalue weighted by atomic mass is 19.4. The number of rotatable bonds is 2. The van der Waals surface area contributed by atoms with Crippen LogP contribution in [0.5, 0.6) is 0 Å². The molecule has 0 aliphatic heterocycles. The Morgan fingerprint density at radius 2 is 1.78 bits per heavy atom. The van der Waals surface area contributed by atoms with E-state index in [9.17, 15) is 13.2 Å². The van der Waals surface area contributed by atoms with Crippen LogP contribution in [0.1, 0.15) is 6.42 Å². The van der Waals surface area contributed by atoms with E-state index in [1.807, 2.05) is 0 Å². The minimum absolute atomic E-state index is 0.848. The molecule has 0 unspecified atom stereocenters. The summed E-state index contributed by atoms with van der Waals surface area (Å²) >= 11 is 0. The van der Waals surface area contributed by atoms with E-state index in [1.165, 1.54) is 0 Å². The lowest BCUT2D eigenvalue weighted by atomic mass is 10.3. The summed E-state index contributed by atoms with van der Waals surface area (Å²) < 4.78 is 33.7. The summed E-state index contributed by atoms with van der Waals surface area (Å²) in [5, 5.41) is 16.2. The predicted molar refractivity (Wildman–Crippen MR) is 23.8 cm³/mol. The van der Waals surface area contributed by atoms with E-state index in [0.717, 1.165) is 0 Å². The van der Waals surface area contributed by atoms with Crippen LogP contribution >= 0.6 is 0 Å². The van der Waals surface area contributed by atoms with Gasteiger partial charge in [0.1, 0.15) is 0 Å². The van der Waals surface area contributed by atoms with Gasteiger partial charge in [-0.15, -0.1) is 0 Å². The quantitative estimate of drug-likeness (QED) is 0.584. The Hall–Kier alpha value is -0.290. The van der Waals surface area contributed by atoms with Crippen LogP contribution < -0.4 is 0 Å². The van der Waals surface area contributed by atoms with Gasteiger partial charge in [0.2, 0.25) is 0 Å².